The standard InChI is InChI=1S/C55H54ClFN8O11S2/c1-73-47-31-41(12-13-43(47)54(67)64-19-17-62(18-20-64)33-35-10-14-45(57)44(56)26-35)60-78(71,72)50-30-39(27-37-7-4-16-58-52(37)50)40-28-36-6-3-9-49(51(36)59-32-40)77(69,70)61-46-15-11-38(29-48(46)74-2)53(66)63-21-23-65(24-22-63)55(68)76-34-42-8-5-25-75-42/h3-4,6-7,9-16,26-32,42,60-61H,5,8,17-25,33-34H2,1-2H3. The smallest absolute Gasteiger partial charge is 0.409 e. The van der Waals surface area contributed by atoms with E-state index in [1.54, 1.807) is 63.2 Å². The molecule has 3 fully saturated rings. The molecule has 78 heavy (non-hydrogen) atoms. The number of carbonyl (C=O) groups is 3. The van der Waals surface area contributed by atoms with Crippen LogP contribution in [0.2, 0.25) is 5.02 Å². The first-order valence-electron chi connectivity index (χ1n) is 25.1. The molecule has 0 radical (unpaired) electrons. The Hall–Kier alpha value is -7.63. The van der Waals surface area contributed by atoms with Gasteiger partial charge in [-0.2, -0.15) is 0 Å². The average molecular weight is 1120 g/mol. The first-order valence-corrected chi connectivity index (χ1v) is 28.4. The summed E-state index contributed by atoms with van der Waals surface area (Å²) >= 11 is 5.98. The Kier molecular flexibility index (Phi) is 15.7. The van der Waals surface area contributed by atoms with Gasteiger partial charge in [-0.15, -0.1) is 0 Å². The largest absolute Gasteiger partial charge is 0.496 e. The number of halogens is 2. The molecular weight excluding hydrogens is 1070 g/mol. The molecule has 23 heteroatoms. The second-order valence-corrected chi connectivity index (χ2v) is 22.7. The molecule has 2 N–H and O–H groups in total. The van der Waals surface area contributed by atoms with E-state index in [0.717, 1.165) is 18.4 Å². The van der Waals surface area contributed by atoms with E-state index in [0.29, 0.717) is 61.2 Å². The number of para-hydroxylation sites is 1. The van der Waals surface area contributed by atoms with Gasteiger partial charge in [-0.3, -0.25) is 33.9 Å². The molecule has 3 aliphatic heterocycles. The maximum atomic E-state index is 14.4. The zero-order valence-corrected chi connectivity index (χ0v) is 44.9. The van der Waals surface area contributed by atoms with E-state index in [9.17, 15) is 35.6 Å². The molecule has 19 nitrogen and oxygen atoms in total. The molecule has 406 valence electrons. The number of fused-ring (bicyclic) bond motifs is 2. The summed E-state index contributed by atoms with van der Waals surface area (Å²) in [6, 6.07) is 26.5. The van der Waals surface area contributed by atoms with Crippen molar-refractivity contribution in [3.05, 3.63) is 143 Å². The van der Waals surface area contributed by atoms with E-state index in [4.69, 9.17) is 30.5 Å². The van der Waals surface area contributed by atoms with Crippen molar-refractivity contribution in [1.29, 1.82) is 0 Å². The van der Waals surface area contributed by atoms with Gasteiger partial charge in [0.15, 0.2) is 0 Å². The Balaban J connectivity index is 0.823. The Morgan fingerprint density at radius 3 is 2.13 bits per heavy atom. The van der Waals surface area contributed by atoms with Gasteiger partial charge < -0.3 is 33.6 Å². The molecule has 10 rings (SSSR count). The van der Waals surface area contributed by atoms with Gasteiger partial charge in [-0.05, 0) is 96.8 Å². The lowest BCUT2D eigenvalue weighted by Crippen LogP contribution is -2.51. The highest BCUT2D eigenvalue weighted by molar-refractivity contribution is 7.93. The molecular formula is C55H54ClFN8O11S2. The fourth-order valence-electron chi connectivity index (χ4n) is 9.77. The zero-order valence-electron chi connectivity index (χ0n) is 42.5. The normalized spacial score (nSPS) is 16.3. The van der Waals surface area contributed by atoms with Crippen LogP contribution >= 0.6 is 11.6 Å². The van der Waals surface area contributed by atoms with Crippen molar-refractivity contribution in [1.82, 2.24) is 29.6 Å². The third kappa shape index (κ3) is 11.6. The minimum atomic E-state index is -4.37. The highest BCUT2D eigenvalue weighted by Crippen LogP contribution is 2.35. The van der Waals surface area contributed by atoms with Gasteiger partial charge in [0.1, 0.15) is 33.7 Å². The van der Waals surface area contributed by atoms with Crippen LogP contribution in [0.15, 0.2) is 125 Å². The van der Waals surface area contributed by atoms with Crippen molar-refractivity contribution in [2.24, 2.45) is 0 Å². The van der Waals surface area contributed by atoms with Gasteiger partial charge in [-0.25, -0.2) is 26.0 Å². The highest BCUT2D eigenvalue weighted by Gasteiger charge is 2.30. The van der Waals surface area contributed by atoms with E-state index in [1.807, 2.05) is 0 Å². The molecule has 0 saturated carbocycles. The molecule has 1 atom stereocenters. The predicted octanol–water partition coefficient (Wildman–Crippen LogP) is 7.89. The minimum absolute atomic E-state index is 0.0524. The molecule has 5 heterocycles. The molecule has 5 aromatic carbocycles. The second kappa shape index (κ2) is 22.8. The topological polar surface area (TPSA) is 219 Å². The molecule has 2 aromatic heterocycles. The van der Waals surface area contributed by atoms with Gasteiger partial charge in [0.2, 0.25) is 0 Å². The van der Waals surface area contributed by atoms with Crippen LogP contribution in [0.4, 0.5) is 20.6 Å². The minimum Gasteiger partial charge on any atom is -0.496 e. The summed E-state index contributed by atoms with van der Waals surface area (Å²) < 4.78 is 98.2. The number of rotatable bonds is 15. The number of piperazine rings is 2. The third-order valence-corrected chi connectivity index (χ3v) is 17.0. The monoisotopic (exact) mass is 1120 g/mol. The summed E-state index contributed by atoms with van der Waals surface area (Å²) in [5, 5.41) is 0.993. The van der Waals surface area contributed by atoms with Crippen molar-refractivity contribution >= 4 is 82.7 Å². The van der Waals surface area contributed by atoms with Gasteiger partial charge in [-0.1, -0.05) is 35.9 Å². The number of sulfonamides is 2. The zero-order chi connectivity index (χ0) is 54.7. The Morgan fingerprint density at radius 1 is 0.705 bits per heavy atom. The van der Waals surface area contributed by atoms with Crippen LogP contribution in [-0.4, -0.2) is 150 Å². The number of hydrogen-bond acceptors (Lipinski definition) is 14. The first-order chi connectivity index (χ1) is 37.6. The van der Waals surface area contributed by atoms with Crippen LogP contribution in [0, 0.1) is 5.82 Å². The predicted molar refractivity (Wildman–Crippen MR) is 290 cm³/mol. The number of methoxy groups -OCH3 is 2. The van der Waals surface area contributed by atoms with Crippen LogP contribution in [-0.2, 0) is 36.1 Å². The Labute approximate surface area is 454 Å². The molecule has 3 aliphatic rings. The van der Waals surface area contributed by atoms with E-state index >= 15 is 0 Å². The van der Waals surface area contributed by atoms with Crippen LogP contribution in [0.3, 0.4) is 0 Å². The Morgan fingerprint density at radius 2 is 1.40 bits per heavy atom. The van der Waals surface area contributed by atoms with E-state index in [-0.39, 0.29) is 111 Å². The molecule has 0 bridgehead atoms. The average Bonchev–Trinajstić information content (AvgIpc) is 4.08. The summed E-state index contributed by atoms with van der Waals surface area (Å²) in [7, 11) is -5.94. The van der Waals surface area contributed by atoms with Gasteiger partial charge in [0.25, 0.3) is 31.9 Å². The van der Waals surface area contributed by atoms with Crippen LogP contribution in [0.5, 0.6) is 11.5 Å². The van der Waals surface area contributed by atoms with Gasteiger partial charge >= 0.3 is 6.09 Å². The Bertz CT molecular complexity index is 3690. The van der Waals surface area contributed by atoms with Crippen molar-refractivity contribution in [3.8, 4) is 22.6 Å². The lowest BCUT2D eigenvalue weighted by molar-refractivity contribution is 0.0225. The number of benzene rings is 5. The molecule has 7 aromatic rings. The number of hydrogen-bond donors (Lipinski definition) is 2. The summed E-state index contributed by atoms with van der Waals surface area (Å²) in [6.45, 7) is 4.48. The number of carbonyl (C=O) groups excluding carboxylic acids is 3. The number of aromatic nitrogens is 2. The number of amides is 3. The van der Waals surface area contributed by atoms with Gasteiger partial charge in [0, 0.05) is 106 Å². The van der Waals surface area contributed by atoms with Crippen molar-refractivity contribution in [2.45, 2.75) is 35.3 Å². The van der Waals surface area contributed by atoms with Crippen LogP contribution in [0.1, 0.15) is 39.1 Å². The fraction of sp³-hybridized carbons (Fsp3) is 0.291. The summed E-state index contributed by atoms with van der Waals surface area (Å²) in [4.78, 5) is 55.8. The van der Waals surface area contributed by atoms with E-state index in [2.05, 4.69) is 24.3 Å². The third-order valence-electron chi connectivity index (χ3n) is 13.9. The fourth-order valence-corrected chi connectivity index (χ4v) is 12.5. The van der Waals surface area contributed by atoms with Crippen LogP contribution in [0.25, 0.3) is 32.9 Å². The van der Waals surface area contributed by atoms with E-state index < -0.39 is 32.0 Å². The molecule has 3 saturated heterocycles. The maximum Gasteiger partial charge on any atom is 0.409 e. The summed E-state index contributed by atoms with van der Waals surface area (Å²) in [6.07, 6.45) is 4.18. The molecule has 3 amide bonds. The lowest BCUT2D eigenvalue weighted by Gasteiger charge is -2.35. The number of anilines is 2. The van der Waals surface area contributed by atoms with Crippen LogP contribution < -0.4 is 18.9 Å². The van der Waals surface area contributed by atoms with Crippen molar-refractivity contribution in [2.75, 3.05) is 89.2 Å². The SMILES string of the molecule is COc1cc(C(=O)N2CCN(C(=O)OCC3CCCO3)CC2)ccc1NS(=O)(=O)c1cccc2cc(-c3cc(S(=O)(=O)Nc4ccc(C(=O)N5CCN(Cc6ccc(F)c(Cl)c6)CC5)c(OC)c4)c4ncccc4c3)cnc12. The number of ether oxygens (including phenoxy) is 4. The maximum absolute atomic E-state index is 14.4. The summed E-state index contributed by atoms with van der Waals surface area (Å²) in [5.74, 6) is -0.820. The number of pyridine rings is 2. The lowest BCUT2D eigenvalue weighted by atomic mass is 10.0. The molecule has 1 unspecified atom stereocenters. The van der Waals surface area contributed by atoms with Crippen molar-refractivity contribution in [3.63, 3.8) is 0 Å². The number of nitrogens with zero attached hydrogens (tertiary/aromatic N) is 6. The van der Waals surface area contributed by atoms with Crippen molar-refractivity contribution < 1.29 is 54.6 Å². The highest BCUT2D eigenvalue weighted by atomic mass is 35.5. The molecule has 0 aliphatic carbocycles. The van der Waals surface area contributed by atoms with E-state index in [1.165, 1.54) is 81.2 Å². The second-order valence-electron chi connectivity index (χ2n) is 19.0. The number of nitrogens with one attached hydrogen (secondary N) is 2. The summed E-state index contributed by atoms with van der Waals surface area (Å²) in [5.41, 5.74) is 2.84. The quantitative estimate of drug-likeness (QED) is 0.0998. The molecule has 0 spiro atoms. The van der Waals surface area contributed by atoms with Gasteiger partial charge in [0.05, 0.1) is 53.3 Å². The first kappa shape index (κ1) is 53.8.